The van der Waals surface area contributed by atoms with E-state index in [1.165, 1.54) is 0 Å². The molecule has 0 fully saturated rings. The maximum Gasteiger partial charge on any atom is 0.253 e. The molecule has 0 radical (unpaired) electrons. The summed E-state index contributed by atoms with van der Waals surface area (Å²) in [6.07, 6.45) is 1.44. The number of nitriles is 1. The van der Waals surface area contributed by atoms with Crippen LogP contribution in [-0.4, -0.2) is 37.5 Å². The van der Waals surface area contributed by atoms with Crippen molar-refractivity contribution in [2.24, 2.45) is 0 Å². The van der Waals surface area contributed by atoms with E-state index in [1.807, 2.05) is 38.2 Å². The first-order valence-corrected chi connectivity index (χ1v) is 6.96. The second-order valence-electron chi connectivity index (χ2n) is 5.10. The molecule has 0 aliphatic heterocycles. The lowest BCUT2D eigenvalue weighted by Crippen LogP contribution is -2.34. The third-order valence-corrected chi connectivity index (χ3v) is 3.48. The summed E-state index contributed by atoms with van der Waals surface area (Å²) < 4.78 is 0. The number of anilines is 1. The Kier molecular flexibility index (Phi) is 6.05. The maximum absolute atomic E-state index is 12.3. The average Bonchev–Trinajstić information content (AvgIpc) is 2.46. The molecular formula is C16H23N3O. The zero-order valence-electron chi connectivity index (χ0n) is 12.8. The first-order valence-electron chi connectivity index (χ1n) is 6.96. The first kappa shape index (κ1) is 16.0. The molecular weight excluding hydrogens is 250 g/mol. The van der Waals surface area contributed by atoms with Crippen molar-refractivity contribution in [3.8, 4) is 6.07 Å². The summed E-state index contributed by atoms with van der Waals surface area (Å²) in [5.41, 5.74) is 1.77. The number of carbonyl (C=O) groups is 1. The Hall–Kier alpha value is -2.02. The van der Waals surface area contributed by atoms with Crippen LogP contribution < -0.4 is 4.90 Å². The third-order valence-electron chi connectivity index (χ3n) is 3.48. The lowest BCUT2D eigenvalue weighted by molar-refractivity contribution is 0.0746. The molecule has 0 saturated carbocycles. The normalized spacial score (nSPS) is 11.6. The summed E-state index contributed by atoms with van der Waals surface area (Å²) in [7, 11) is 3.78. The van der Waals surface area contributed by atoms with Gasteiger partial charge in [-0.1, -0.05) is 6.92 Å². The fourth-order valence-corrected chi connectivity index (χ4v) is 2.00. The minimum Gasteiger partial charge on any atom is -0.375 e. The predicted molar refractivity (Wildman–Crippen MR) is 81.8 cm³/mol. The fraction of sp³-hybridized carbons (Fsp3) is 0.500. The van der Waals surface area contributed by atoms with Crippen LogP contribution in [0.1, 0.15) is 37.0 Å². The van der Waals surface area contributed by atoms with Gasteiger partial charge in [-0.05, 0) is 37.6 Å². The van der Waals surface area contributed by atoms with Crippen LogP contribution in [0.25, 0.3) is 0 Å². The summed E-state index contributed by atoms with van der Waals surface area (Å²) in [5.74, 6) is -0.0440. The van der Waals surface area contributed by atoms with Crippen LogP contribution in [0.5, 0.6) is 0 Å². The topological polar surface area (TPSA) is 47.3 Å². The molecule has 1 amide bonds. The highest BCUT2D eigenvalue weighted by Gasteiger charge is 2.17. The van der Waals surface area contributed by atoms with Gasteiger partial charge in [0.05, 0.1) is 12.5 Å². The molecule has 0 bridgehead atoms. The molecule has 1 aromatic rings. The zero-order valence-corrected chi connectivity index (χ0v) is 12.8. The molecule has 108 valence electrons. The highest BCUT2D eigenvalue weighted by molar-refractivity contribution is 5.94. The van der Waals surface area contributed by atoms with Crippen molar-refractivity contribution in [1.82, 2.24) is 4.90 Å². The van der Waals surface area contributed by atoms with E-state index in [9.17, 15) is 4.79 Å². The van der Waals surface area contributed by atoms with Crippen LogP contribution in [0.15, 0.2) is 24.3 Å². The van der Waals surface area contributed by atoms with Crippen molar-refractivity contribution in [2.75, 3.05) is 25.5 Å². The van der Waals surface area contributed by atoms with Crippen LogP contribution >= 0.6 is 0 Å². The zero-order chi connectivity index (χ0) is 15.1. The van der Waals surface area contributed by atoms with Gasteiger partial charge in [0.1, 0.15) is 0 Å². The summed E-state index contributed by atoms with van der Waals surface area (Å²) in [6.45, 7) is 5.01. The van der Waals surface area contributed by atoms with E-state index in [0.717, 1.165) is 18.7 Å². The van der Waals surface area contributed by atoms with Gasteiger partial charge in [-0.25, -0.2) is 0 Å². The van der Waals surface area contributed by atoms with Gasteiger partial charge in [0, 0.05) is 37.9 Å². The van der Waals surface area contributed by atoms with Crippen molar-refractivity contribution < 1.29 is 4.79 Å². The smallest absolute Gasteiger partial charge is 0.253 e. The van der Waals surface area contributed by atoms with Gasteiger partial charge in [-0.15, -0.1) is 0 Å². The van der Waals surface area contributed by atoms with E-state index >= 15 is 0 Å². The van der Waals surface area contributed by atoms with Gasteiger partial charge in [0.2, 0.25) is 0 Å². The largest absolute Gasteiger partial charge is 0.375 e. The second kappa shape index (κ2) is 7.54. The number of hydrogen-bond donors (Lipinski definition) is 0. The van der Waals surface area contributed by atoms with Gasteiger partial charge in [0.15, 0.2) is 0 Å². The summed E-state index contributed by atoms with van der Waals surface area (Å²) in [4.78, 5) is 16.1. The van der Waals surface area contributed by atoms with E-state index in [0.29, 0.717) is 12.0 Å². The Bertz CT molecular complexity index is 475. The standard InChI is InChI=1S/C16H23N3O/c1-5-12-18(3)15-8-6-14(7-9-15)16(20)19(4)13(2)10-11-17/h6-9,13H,5,10,12H2,1-4H3. The average molecular weight is 273 g/mol. The van der Waals surface area contributed by atoms with E-state index in [1.54, 1.807) is 11.9 Å². The number of nitrogens with zero attached hydrogens (tertiary/aromatic N) is 3. The lowest BCUT2D eigenvalue weighted by atomic mass is 10.1. The number of amides is 1. The molecule has 0 aromatic heterocycles. The van der Waals surface area contributed by atoms with Crippen molar-refractivity contribution in [3.63, 3.8) is 0 Å². The highest BCUT2D eigenvalue weighted by atomic mass is 16.2. The quantitative estimate of drug-likeness (QED) is 0.800. The van der Waals surface area contributed by atoms with Crippen molar-refractivity contribution in [2.45, 2.75) is 32.7 Å². The maximum atomic E-state index is 12.3. The fourth-order valence-electron chi connectivity index (χ4n) is 2.00. The molecule has 0 saturated heterocycles. The van der Waals surface area contributed by atoms with Crippen LogP contribution in [0.3, 0.4) is 0 Å². The summed E-state index contributed by atoms with van der Waals surface area (Å²) in [6, 6.07) is 9.64. The monoisotopic (exact) mass is 273 g/mol. The highest BCUT2D eigenvalue weighted by Crippen LogP contribution is 2.16. The predicted octanol–water partition coefficient (Wildman–Crippen LogP) is 2.91. The Balaban J connectivity index is 2.78. The third kappa shape index (κ3) is 3.99. The van der Waals surface area contributed by atoms with E-state index < -0.39 is 0 Å². The minimum absolute atomic E-state index is 0.0440. The van der Waals surface area contributed by atoms with Gasteiger partial charge in [-0.2, -0.15) is 5.26 Å². The van der Waals surface area contributed by atoms with Crippen LogP contribution in [0.2, 0.25) is 0 Å². The molecule has 0 N–H and O–H groups in total. The van der Waals surface area contributed by atoms with Crippen LogP contribution in [0.4, 0.5) is 5.69 Å². The Labute approximate surface area is 121 Å². The van der Waals surface area contributed by atoms with Crippen molar-refractivity contribution in [3.05, 3.63) is 29.8 Å². The number of rotatable bonds is 6. The number of benzene rings is 1. The molecule has 1 atom stereocenters. The van der Waals surface area contributed by atoms with Crippen LogP contribution in [0, 0.1) is 11.3 Å². The number of carbonyl (C=O) groups excluding carboxylic acids is 1. The Morgan fingerprint density at radius 1 is 1.30 bits per heavy atom. The van der Waals surface area contributed by atoms with Gasteiger partial charge >= 0.3 is 0 Å². The van der Waals surface area contributed by atoms with E-state index in [4.69, 9.17) is 5.26 Å². The van der Waals surface area contributed by atoms with E-state index in [-0.39, 0.29) is 11.9 Å². The Morgan fingerprint density at radius 3 is 2.40 bits per heavy atom. The summed E-state index contributed by atoms with van der Waals surface area (Å²) in [5, 5.41) is 8.69. The van der Waals surface area contributed by atoms with Crippen molar-refractivity contribution >= 4 is 11.6 Å². The molecule has 0 aliphatic rings. The van der Waals surface area contributed by atoms with Gasteiger partial charge in [-0.3, -0.25) is 4.79 Å². The van der Waals surface area contributed by atoms with Crippen molar-refractivity contribution in [1.29, 1.82) is 5.26 Å². The molecule has 1 unspecified atom stereocenters. The molecule has 0 spiro atoms. The SMILES string of the molecule is CCCN(C)c1ccc(C(=O)N(C)C(C)CC#N)cc1. The summed E-state index contributed by atoms with van der Waals surface area (Å²) >= 11 is 0. The molecule has 1 aromatic carbocycles. The lowest BCUT2D eigenvalue weighted by Gasteiger charge is -2.23. The Morgan fingerprint density at radius 2 is 1.90 bits per heavy atom. The molecule has 1 rings (SSSR count). The molecule has 0 heterocycles. The molecule has 0 aliphatic carbocycles. The number of hydrogen-bond acceptors (Lipinski definition) is 3. The molecule has 20 heavy (non-hydrogen) atoms. The minimum atomic E-state index is -0.0741. The first-order chi connectivity index (χ1) is 9.51. The van der Waals surface area contributed by atoms with Gasteiger partial charge in [0.25, 0.3) is 5.91 Å². The molecule has 4 heteroatoms. The van der Waals surface area contributed by atoms with Gasteiger partial charge < -0.3 is 9.80 Å². The van der Waals surface area contributed by atoms with E-state index in [2.05, 4.69) is 17.9 Å². The van der Waals surface area contributed by atoms with Crippen LogP contribution in [-0.2, 0) is 0 Å². The molecule has 4 nitrogen and oxygen atoms in total. The second-order valence-corrected chi connectivity index (χ2v) is 5.10.